The number of carbonyl (C=O) groups excluding carboxylic acids is 2. The second kappa shape index (κ2) is 10.2. The highest BCUT2D eigenvalue weighted by Gasteiger charge is 2.37. The van der Waals surface area contributed by atoms with E-state index in [9.17, 15) is 37.1 Å². The summed E-state index contributed by atoms with van der Waals surface area (Å²) in [5, 5.41) is 17.3. The smallest absolute Gasteiger partial charge is 0.484 e. The van der Waals surface area contributed by atoms with E-state index in [2.05, 4.69) is 15.7 Å². The number of aromatic nitrogens is 2. The van der Waals surface area contributed by atoms with Crippen molar-refractivity contribution < 1.29 is 41.8 Å². The predicted molar refractivity (Wildman–Crippen MR) is 109 cm³/mol. The van der Waals surface area contributed by atoms with E-state index in [1.807, 2.05) is 0 Å². The molecule has 1 aliphatic rings. The molecule has 0 spiro atoms. The van der Waals surface area contributed by atoms with Gasteiger partial charge in [-0.15, -0.1) is 18.3 Å². The molecule has 2 aromatic rings. The second-order valence-corrected chi connectivity index (χ2v) is 7.67. The Balaban J connectivity index is 1.54. The number of alkyl halides is 3. The zero-order chi connectivity index (χ0) is 25.0. The van der Waals surface area contributed by atoms with E-state index in [1.54, 1.807) is 0 Å². The van der Waals surface area contributed by atoms with Gasteiger partial charge in [0.1, 0.15) is 17.6 Å². The third-order valence-corrected chi connectivity index (χ3v) is 5.16. The zero-order valence-electron chi connectivity index (χ0n) is 17.2. The molecule has 2 heterocycles. The van der Waals surface area contributed by atoms with Crippen LogP contribution in [-0.2, 0) is 15.9 Å². The highest BCUT2D eigenvalue weighted by Crippen LogP contribution is 2.24. The number of benzene rings is 1. The molecule has 3 rings (SSSR count). The summed E-state index contributed by atoms with van der Waals surface area (Å²) in [5.74, 6) is -2.51. The van der Waals surface area contributed by atoms with Gasteiger partial charge in [-0.1, -0.05) is 11.6 Å². The molecular weight excluding hydrogens is 490 g/mol. The summed E-state index contributed by atoms with van der Waals surface area (Å²) in [6.45, 7) is -0.720. The van der Waals surface area contributed by atoms with Crippen molar-refractivity contribution in [3.05, 3.63) is 41.3 Å². The van der Waals surface area contributed by atoms with Crippen molar-refractivity contribution >= 4 is 35.3 Å². The normalized spacial score (nSPS) is 18.3. The van der Waals surface area contributed by atoms with Gasteiger partial charge in [-0.3, -0.25) is 14.5 Å². The Morgan fingerprint density at radius 1 is 1.24 bits per heavy atom. The standard InChI is InChI=1S/C19H18ClF4N5O5/c20-12-3-2-11(7-13(12)21)34-9-16(30)25-10-1-4-14(28(8-10)18(32)33)17(31)26-15-5-6-29(27-15)19(22,23)24/h2-3,5-7,10,14H,1,4,8-9H2,(H,25,30)(H,32,33)(H,26,27,31)/t10-,14+/m0/s1. The van der Waals surface area contributed by atoms with Crippen LogP contribution in [0.4, 0.5) is 28.2 Å². The van der Waals surface area contributed by atoms with E-state index in [-0.39, 0.29) is 40.7 Å². The van der Waals surface area contributed by atoms with Crippen molar-refractivity contribution in [3.63, 3.8) is 0 Å². The average Bonchev–Trinajstić information content (AvgIpc) is 3.23. The van der Waals surface area contributed by atoms with Crippen LogP contribution in [0.5, 0.6) is 5.75 Å². The fourth-order valence-corrected chi connectivity index (χ4v) is 3.42. The summed E-state index contributed by atoms with van der Waals surface area (Å²) >= 11 is 5.57. The first-order chi connectivity index (χ1) is 15.9. The number of rotatable bonds is 6. The summed E-state index contributed by atoms with van der Waals surface area (Å²) in [7, 11) is 0. The van der Waals surface area contributed by atoms with E-state index < -0.39 is 48.7 Å². The van der Waals surface area contributed by atoms with Crippen LogP contribution in [0.3, 0.4) is 0 Å². The first-order valence-corrected chi connectivity index (χ1v) is 10.1. The number of carboxylic acid groups (broad SMARTS) is 1. The third-order valence-electron chi connectivity index (χ3n) is 4.86. The van der Waals surface area contributed by atoms with Gasteiger partial charge in [0.15, 0.2) is 12.4 Å². The Labute approximate surface area is 194 Å². The Bertz CT molecular complexity index is 1080. The van der Waals surface area contributed by atoms with Crippen LogP contribution in [-0.4, -0.2) is 62.9 Å². The van der Waals surface area contributed by atoms with Crippen LogP contribution in [0.15, 0.2) is 30.5 Å². The molecular formula is C19H18ClF4N5O5. The van der Waals surface area contributed by atoms with Crippen molar-refractivity contribution in [3.8, 4) is 5.75 Å². The highest BCUT2D eigenvalue weighted by molar-refractivity contribution is 6.30. The Morgan fingerprint density at radius 2 is 1.97 bits per heavy atom. The molecule has 3 amide bonds. The van der Waals surface area contributed by atoms with Gasteiger partial charge in [0, 0.05) is 30.9 Å². The van der Waals surface area contributed by atoms with E-state index in [0.717, 1.165) is 17.0 Å². The van der Waals surface area contributed by atoms with E-state index in [1.165, 1.54) is 12.1 Å². The number of piperidine rings is 1. The fraction of sp³-hybridized carbons (Fsp3) is 0.368. The lowest BCUT2D eigenvalue weighted by molar-refractivity contribution is -0.212. The maximum Gasteiger partial charge on any atom is 0.504 e. The summed E-state index contributed by atoms with van der Waals surface area (Å²) in [6, 6.07) is 2.71. The zero-order valence-corrected chi connectivity index (χ0v) is 17.9. The first-order valence-electron chi connectivity index (χ1n) is 9.74. The van der Waals surface area contributed by atoms with E-state index in [4.69, 9.17) is 16.3 Å². The van der Waals surface area contributed by atoms with Crippen molar-refractivity contribution in [2.45, 2.75) is 31.2 Å². The molecule has 1 aliphatic heterocycles. The molecule has 1 aromatic heterocycles. The molecule has 184 valence electrons. The summed E-state index contributed by atoms with van der Waals surface area (Å²) in [4.78, 5) is 37.1. The van der Waals surface area contributed by atoms with Gasteiger partial charge in [0.05, 0.1) is 5.02 Å². The number of nitrogens with one attached hydrogen (secondary N) is 2. The van der Waals surface area contributed by atoms with Gasteiger partial charge in [-0.05, 0) is 25.0 Å². The molecule has 10 nitrogen and oxygen atoms in total. The van der Waals surface area contributed by atoms with Gasteiger partial charge in [-0.25, -0.2) is 9.18 Å². The van der Waals surface area contributed by atoms with Crippen molar-refractivity contribution in [1.82, 2.24) is 20.0 Å². The van der Waals surface area contributed by atoms with Crippen LogP contribution in [0.2, 0.25) is 5.02 Å². The molecule has 3 N–H and O–H groups in total. The van der Waals surface area contributed by atoms with Crippen molar-refractivity contribution in [1.29, 1.82) is 0 Å². The maximum atomic E-state index is 13.4. The van der Waals surface area contributed by atoms with E-state index >= 15 is 0 Å². The van der Waals surface area contributed by atoms with Gasteiger partial charge in [-0.2, -0.15) is 4.68 Å². The number of likely N-dealkylation sites (tertiary alicyclic amines) is 1. The number of halogens is 5. The Kier molecular flexibility index (Phi) is 7.49. The van der Waals surface area contributed by atoms with Crippen molar-refractivity contribution in [2.75, 3.05) is 18.5 Å². The first kappa shape index (κ1) is 25.1. The van der Waals surface area contributed by atoms with Gasteiger partial charge in [0.2, 0.25) is 5.91 Å². The molecule has 0 unspecified atom stereocenters. The van der Waals surface area contributed by atoms with Crippen LogP contribution in [0.1, 0.15) is 12.8 Å². The van der Waals surface area contributed by atoms with Gasteiger partial charge >= 0.3 is 12.4 Å². The molecule has 1 aromatic carbocycles. The van der Waals surface area contributed by atoms with Crippen LogP contribution in [0, 0.1) is 5.82 Å². The average molecular weight is 508 g/mol. The number of nitrogens with zero attached hydrogens (tertiary/aromatic N) is 3. The lowest BCUT2D eigenvalue weighted by atomic mass is 9.98. The Morgan fingerprint density at radius 3 is 2.59 bits per heavy atom. The lowest BCUT2D eigenvalue weighted by Gasteiger charge is -2.37. The number of ether oxygens (including phenoxy) is 1. The fourth-order valence-electron chi connectivity index (χ4n) is 3.30. The Hall–Kier alpha value is -3.55. The minimum Gasteiger partial charge on any atom is -0.484 e. The van der Waals surface area contributed by atoms with Crippen LogP contribution >= 0.6 is 11.6 Å². The number of carbonyl (C=O) groups is 3. The SMILES string of the molecule is O=C(COc1ccc(Cl)c(F)c1)N[C@H]1CC[C@H](C(=O)Nc2ccn(C(F)(F)F)n2)N(C(=O)O)C1. The quantitative estimate of drug-likeness (QED) is 0.516. The summed E-state index contributed by atoms with van der Waals surface area (Å²) < 4.78 is 56.2. The van der Waals surface area contributed by atoms with Gasteiger partial charge in [0.25, 0.3) is 5.91 Å². The number of hydrogen-bond donors (Lipinski definition) is 3. The minimum atomic E-state index is -4.77. The van der Waals surface area contributed by atoms with Crippen LogP contribution < -0.4 is 15.4 Å². The third kappa shape index (κ3) is 6.27. The maximum absolute atomic E-state index is 13.4. The largest absolute Gasteiger partial charge is 0.504 e. The molecule has 0 aliphatic carbocycles. The van der Waals surface area contributed by atoms with E-state index in [0.29, 0.717) is 6.20 Å². The molecule has 1 fully saturated rings. The number of anilines is 1. The number of amides is 3. The molecule has 2 atom stereocenters. The molecule has 0 bridgehead atoms. The molecule has 1 saturated heterocycles. The molecule has 15 heteroatoms. The molecule has 0 saturated carbocycles. The number of hydrogen-bond acceptors (Lipinski definition) is 5. The van der Waals surface area contributed by atoms with Gasteiger partial charge < -0.3 is 20.5 Å². The molecule has 0 radical (unpaired) electrons. The van der Waals surface area contributed by atoms with Crippen molar-refractivity contribution in [2.24, 2.45) is 0 Å². The monoisotopic (exact) mass is 507 g/mol. The lowest BCUT2D eigenvalue weighted by Crippen LogP contribution is -2.57. The predicted octanol–water partition coefficient (Wildman–Crippen LogP) is 2.80. The molecule has 34 heavy (non-hydrogen) atoms. The summed E-state index contributed by atoms with van der Waals surface area (Å²) in [5.41, 5.74) is 0. The highest BCUT2D eigenvalue weighted by atomic mass is 35.5. The minimum absolute atomic E-state index is 0.00763. The summed E-state index contributed by atoms with van der Waals surface area (Å²) in [6.07, 6.45) is -5.41. The van der Waals surface area contributed by atoms with Crippen LogP contribution in [0.25, 0.3) is 0 Å². The topological polar surface area (TPSA) is 126 Å². The second-order valence-electron chi connectivity index (χ2n) is 7.26.